The fraction of sp³-hybridized carbons (Fsp3) is 0.565. The van der Waals surface area contributed by atoms with Crippen molar-refractivity contribution in [2.45, 2.75) is 58.3 Å². The third kappa shape index (κ3) is 5.60. The van der Waals surface area contributed by atoms with E-state index in [2.05, 4.69) is 46.7 Å². The molecule has 152 valence electrons. The van der Waals surface area contributed by atoms with Crippen molar-refractivity contribution in [3.63, 3.8) is 0 Å². The number of carbonyl (C=O) groups is 2. The minimum Gasteiger partial charge on any atom is -0.372 e. The van der Waals surface area contributed by atoms with E-state index in [1.165, 1.54) is 41.6 Å². The molecule has 2 amide bonds. The van der Waals surface area contributed by atoms with Crippen LogP contribution in [0.15, 0.2) is 29.8 Å². The van der Waals surface area contributed by atoms with Crippen LogP contribution >= 0.6 is 0 Å². The summed E-state index contributed by atoms with van der Waals surface area (Å²) in [6.45, 7) is 5.38. The third-order valence-corrected chi connectivity index (χ3v) is 5.76. The van der Waals surface area contributed by atoms with E-state index in [4.69, 9.17) is 0 Å². The first kappa shape index (κ1) is 20.4. The minimum atomic E-state index is -0.534. The molecule has 0 fully saturated rings. The maximum absolute atomic E-state index is 12.0. The number of nitrogens with zero attached hydrogens (tertiary/aromatic N) is 1. The Labute approximate surface area is 168 Å². The Balaban J connectivity index is 1.38. The van der Waals surface area contributed by atoms with Crippen molar-refractivity contribution < 1.29 is 9.59 Å². The van der Waals surface area contributed by atoms with Crippen LogP contribution in [0.25, 0.3) is 0 Å². The van der Waals surface area contributed by atoms with Crippen molar-refractivity contribution in [1.29, 1.82) is 0 Å². The highest BCUT2D eigenvalue weighted by Gasteiger charge is 2.16. The lowest BCUT2D eigenvalue weighted by atomic mass is 9.97. The summed E-state index contributed by atoms with van der Waals surface area (Å²) in [6, 6.07) is 6.58. The molecule has 0 bridgehead atoms. The fourth-order valence-electron chi connectivity index (χ4n) is 4.16. The van der Waals surface area contributed by atoms with Crippen molar-refractivity contribution in [3.8, 4) is 0 Å². The van der Waals surface area contributed by atoms with E-state index in [1.54, 1.807) is 0 Å². The van der Waals surface area contributed by atoms with E-state index in [0.29, 0.717) is 13.1 Å². The predicted molar refractivity (Wildman–Crippen MR) is 114 cm³/mol. The summed E-state index contributed by atoms with van der Waals surface area (Å²) in [5, 5.41) is 5.48. The number of anilines is 1. The van der Waals surface area contributed by atoms with E-state index < -0.39 is 11.8 Å². The summed E-state index contributed by atoms with van der Waals surface area (Å²) in [5.41, 5.74) is 5.35. The molecule has 0 saturated heterocycles. The van der Waals surface area contributed by atoms with Gasteiger partial charge in [0.05, 0.1) is 0 Å². The van der Waals surface area contributed by atoms with Gasteiger partial charge in [0.15, 0.2) is 0 Å². The summed E-state index contributed by atoms with van der Waals surface area (Å²) in [6.07, 6.45) is 10.9. The molecule has 0 radical (unpaired) electrons. The number of benzene rings is 1. The van der Waals surface area contributed by atoms with Crippen LogP contribution in [0.3, 0.4) is 0 Å². The van der Waals surface area contributed by atoms with Crippen LogP contribution in [0.4, 0.5) is 5.69 Å². The molecule has 1 aliphatic carbocycles. The van der Waals surface area contributed by atoms with Gasteiger partial charge in [-0.1, -0.05) is 23.8 Å². The lowest BCUT2D eigenvalue weighted by Crippen LogP contribution is -2.41. The fourth-order valence-corrected chi connectivity index (χ4v) is 4.16. The maximum atomic E-state index is 12.0. The first-order valence-electron chi connectivity index (χ1n) is 10.8. The third-order valence-electron chi connectivity index (χ3n) is 5.76. The van der Waals surface area contributed by atoms with E-state index in [0.717, 1.165) is 45.2 Å². The molecule has 2 aliphatic rings. The number of aryl methyl sites for hydroxylation is 1. The Morgan fingerprint density at radius 1 is 1.00 bits per heavy atom. The van der Waals surface area contributed by atoms with E-state index in [9.17, 15) is 9.59 Å². The van der Waals surface area contributed by atoms with E-state index in [1.807, 2.05) is 0 Å². The highest BCUT2D eigenvalue weighted by molar-refractivity contribution is 6.35. The maximum Gasteiger partial charge on any atom is 0.309 e. The molecular formula is C23H33N3O2. The Kier molecular flexibility index (Phi) is 7.52. The van der Waals surface area contributed by atoms with Gasteiger partial charge in [0.25, 0.3) is 0 Å². The monoisotopic (exact) mass is 383 g/mol. The second-order valence-corrected chi connectivity index (χ2v) is 7.77. The number of hydrogen-bond acceptors (Lipinski definition) is 3. The summed E-state index contributed by atoms with van der Waals surface area (Å²) < 4.78 is 0. The van der Waals surface area contributed by atoms with Crippen LogP contribution in [-0.4, -0.2) is 38.0 Å². The second-order valence-electron chi connectivity index (χ2n) is 7.77. The molecule has 1 aromatic rings. The Hall–Kier alpha value is -2.30. The highest BCUT2D eigenvalue weighted by atomic mass is 16.2. The molecule has 28 heavy (non-hydrogen) atoms. The van der Waals surface area contributed by atoms with Crippen LogP contribution in [0.1, 0.15) is 56.6 Å². The smallest absolute Gasteiger partial charge is 0.309 e. The van der Waals surface area contributed by atoms with Crippen LogP contribution in [0.5, 0.6) is 0 Å². The lowest BCUT2D eigenvalue weighted by molar-refractivity contribution is -0.139. The number of allylic oxidation sites excluding steroid dienone is 1. The van der Waals surface area contributed by atoms with Gasteiger partial charge in [0.1, 0.15) is 0 Å². The zero-order chi connectivity index (χ0) is 19.8. The molecule has 1 heterocycles. The second kappa shape index (κ2) is 10.3. The standard InChI is InChI=1S/C23H33N3O2/c1-2-26-16-6-9-20-17-19(10-11-21(20)26)13-15-25-23(28)22(27)24-14-12-18-7-4-3-5-8-18/h7,10-11,17H,2-6,8-9,12-16H2,1H3,(H,24,27)(H,25,28). The predicted octanol–water partition coefficient (Wildman–Crippen LogP) is 3.12. The molecule has 0 unspecified atom stereocenters. The SMILES string of the molecule is CCN1CCCc2cc(CCNC(=O)C(=O)NCCC3=CCCCC3)ccc21. The number of rotatable bonds is 7. The molecule has 0 aromatic heterocycles. The summed E-state index contributed by atoms with van der Waals surface area (Å²) in [5.74, 6) is -1.06. The molecule has 0 spiro atoms. The zero-order valence-electron chi connectivity index (χ0n) is 17.1. The van der Waals surface area contributed by atoms with Crippen LogP contribution in [0.2, 0.25) is 0 Å². The van der Waals surface area contributed by atoms with Gasteiger partial charge in [0, 0.05) is 31.9 Å². The topological polar surface area (TPSA) is 61.4 Å². The average molecular weight is 384 g/mol. The normalized spacial score (nSPS) is 16.2. The number of amides is 2. The van der Waals surface area contributed by atoms with Crippen molar-refractivity contribution in [2.75, 3.05) is 31.1 Å². The van der Waals surface area contributed by atoms with Crippen molar-refractivity contribution in [3.05, 3.63) is 41.0 Å². The van der Waals surface area contributed by atoms with E-state index >= 15 is 0 Å². The van der Waals surface area contributed by atoms with Crippen molar-refractivity contribution in [2.24, 2.45) is 0 Å². The van der Waals surface area contributed by atoms with Gasteiger partial charge in [-0.3, -0.25) is 9.59 Å². The highest BCUT2D eigenvalue weighted by Crippen LogP contribution is 2.27. The van der Waals surface area contributed by atoms with Crippen LogP contribution < -0.4 is 15.5 Å². The minimum absolute atomic E-state index is 0.480. The first-order valence-corrected chi connectivity index (χ1v) is 10.8. The first-order chi connectivity index (χ1) is 13.7. The summed E-state index contributed by atoms with van der Waals surface area (Å²) in [7, 11) is 0. The number of nitrogens with one attached hydrogen (secondary N) is 2. The Morgan fingerprint density at radius 3 is 2.50 bits per heavy atom. The molecule has 1 aromatic carbocycles. The molecule has 0 saturated carbocycles. The molecule has 1 aliphatic heterocycles. The van der Waals surface area contributed by atoms with Gasteiger partial charge in [-0.15, -0.1) is 0 Å². The largest absolute Gasteiger partial charge is 0.372 e. The van der Waals surface area contributed by atoms with Crippen molar-refractivity contribution >= 4 is 17.5 Å². The molecule has 5 heteroatoms. The van der Waals surface area contributed by atoms with Gasteiger partial charge in [0.2, 0.25) is 0 Å². The average Bonchev–Trinajstić information content (AvgIpc) is 2.73. The van der Waals surface area contributed by atoms with Gasteiger partial charge in [-0.05, 0) is 75.5 Å². The number of hydrogen-bond donors (Lipinski definition) is 2. The summed E-state index contributed by atoms with van der Waals surface area (Å²) >= 11 is 0. The molecule has 5 nitrogen and oxygen atoms in total. The Morgan fingerprint density at radius 2 is 1.79 bits per heavy atom. The molecular weight excluding hydrogens is 350 g/mol. The zero-order valence-corrected chi connectivity index (χ0v) is 17.1. The van der Waals surface area contributed by atoms with Gasteiger partial charge >= 0.3 is 11.8 Å². The quantitative estimate of drug-likeness (QED) is 0.562. The van der Waals surface area contributed by atoms with E-state index in [-0.39, 0.29) is 0 Å². The lowest BCUT2D eigenvalue weighted by Gasteiger charge is -2.30. The Bertz CT molecular complexity index is 727. The number of carbonyl (C=O) groups excluding carboxylic acids is 2. The van der Waals surface area contributed by atoms with Crippen molar-refractivity contribution in [1.82, 2.24) is 10.6 Å². The van der Waals surface area contributed by atoms with Gasteiger partial charge < -0.3 is 15.5 Å². The number of fused-ring (bicyclic) bond motifs is 1. The molecule has 3 rings (SSSR count). The summed E-state index contributed by atoms with van der Waals surface area (Å²) in [4.78, 5) is 26.3. The van der Waals surface area contributed by atoms with Crippen LogP contribution in [0, 0.1) is 0 Å². The molecule has 0 atom stereocenters. The molecule has 2 N–H and O–H groups in total. The van der Waals surface area contributed by atoms with Crippen LogP contribution in [-0.2, 0) is 22.4 Å². The van der Waals surface area contributed by atoms with Gasteiger partial charge in [-0.25, -0.2) is 0 Å². The van der Waals surface area contributed by atoms with Gasteiger partial charge in [-0.2, -0.15) is 0 Å².